The third-order valence-corrected chi connectivity index (χ3v) is 8.72. The van der Waals surface area contributed by atoms with Crippen LogP contribution in [0.25, 0.3) is 0 Å². The average Bonchev–Trinajstić information content (AvgIpc) is 3.31. The normalized spacial score (nSPS) is 30.8. The summed E-state index contributed by atoms with van der Waals surface area (Å²) < 4.78 is 15.4. The Morgan fingerprint density at radius 1 is 0.660 bits per heavy atom. The lowest BCUT2D eigenvalue weighted by Crippen LogP contribution is -2.62. The van der Waals surface area contributed by atoms with E-state index in [0.29, 0.717) is 6.42 Å². The zero-order valence-corrected chi connectivity index (χ0v) is 28.3. The maximum absolute atomic E-state index is 10.4. The minimum atomic E-state index is -2.22. The molecule has 278 valence electrons. The molecule has 9 N–H and O–H groups in total. The number of ether oxygens (including phenoxy) is 3. The van der Waals surface area contributed by atoms with Crippen molar-refractivity contribution in [1.82, 2.24) is 0 Å². The monoisotopic (exact) mass is 680 g/mol. The number of hydrogen-bond donors (Lipinski definition) is 9. The highest BCUT2D eigenvalue weighted by Gasteiger charge is 2.58. The predicted octanol–water partition coefficient (Wildman–Crippen LogP) is 2.27. The van der Waals surface area contributed by atoms with Gasteiger partial charge in [-0.1, -0.05) is 96.1 Å². The molecule has 47 heavy (non-hydrogen) atoms. The SMILES string of the molecule is CCCCCCCC/C=C\CCCCCCCCCCCC(=O)O.OC[C@H]1O[C@@](CO)(O[C@H]2O[C@H](CO)[C@@H](O)[C@H](O)[C@H]2O)[C@@H](O)[C@@H]1O. The van der Waals surface area contributed by atoms with Gasteiger partial charge in [0.05, 0.1) is 13.2 Å². The van der Waals surface area contributed by atoms with E-state index < -0.39 is 80.6 Å². The molecule has 2 aliphatic heterocycles. The van der Waals surface area contributed by atoms with Gasteiger partial charge in [0.2, 0.25) is 5.79 Å². The number of aliphatic hydroxyl groups excluding tert-OH is 8. The van der Waals surface area contributed by atoms with Crippen molar-refractivity contribution in [3.63, 3.8) is 0 Å². The van der Waals surface area contributed by atoms with Crippen LogP contribution in [-0.4, -0.2) is 127 Å². The highest BCUT2D eigenvalue weighted by atomic mass is 16.8. The molecule has 2 rings (SSSR count). The number of aliphatic carboxylic acids is 1. The van der Waals surface area contributed by atoms with Crippen molar-refractivity contribution in [2.75, 3.05) is 19.8 Å². The smallest absolute Gasteiger partial charge is 0.303 e. The number of carbonyl (C=O) groups is 1. The molecule has 0 radical (unpaired) electrons. The van der Waals surface area contributed by atoms with Crippen molar-refractivity contribution >= 4 is 5.97 Å². The van der Waals surface area contributed by atoms with E-state index in [1.54, 1.807) is 0 Å². The van der Waals surface area contributed by atoms with Crippen molar-refractivity contribution in [2.24, 2.45) is 0 Å². The van der Waals surface area contributed by atoms with Crippen LogP contribution < -0.4 is 0 Å². The van der Waals surface area contributed by atoms with Crippen molar-refractivity contribution in [1.29, 1.82) is 0 Å². The first-order valence-corrected chi connectivity index (χ1v) is 17.7. The van der Waals surface area contributed by atoms with Gasteiger partial charge in [-0.3, -0.25) is 4.79 Å². The number of carboxylic acid groups (broad SMARTS) is 1. The molecule has 0 spiro atoms. The molecule has 2 aliphatic rings. The van der Waals surface area contributed by atoms with Crippen LogP contribution in [0.1, 0.15) is 122 Å². The Hall–Kier alpha value is -1.23. The van der Waals surface area contributed by atoms with Gasteiger partial charge in [-0.2, -0.15) is 0 Å². The molecule has 0 aromatic carbocycles. The average molecular weight is 681 g/mol. The van der Waals surface area contributed by atoms with Gasteiger partial charge in [0.1, 0.15) is 49.3 Å². The lowest BCUT2D eigenvalue weighted by molar-refractivity contribution is -0.383. The first-order chi connectivity index (χ1) is 22.6. The van der Waals surface area contributed by atoms with Crippen molar-refractivity contribution in [2.45, 2.75) is 177 Å². The molecule has 0 amide bonds. The summed E-state index contributed by atoms with van der Waals surface area (Å²) in [6.07, 6.45) is 14.5. The summed E-state index contributed by atoms with van der Waals surface area (Å²) >= 11 is 0. The summed E-state index contributed by atoms with van der Waals surface area (Å²) in [6, 6.07) is 0. The van der Waals surface area contributed by atoms with Crippen LogP contribution in [0.15, 0.2) is 12.2 Å². The summed E-state index contributed by atoms with van der Waals surface area (Å²) in [5, 5.41) is 85.2. The molecule has 0 aromatic rings. The van der Waals surface area contributed by atoms with Crippen molar-refractivity contribution in [3.05, 3.63) is 12.2 Å². The van der Waals surface area contributed by atoms with E-state index in [9.17, 15) is 35.4 Å². The Morgan fingerprint density at radius 2 is 1.15 bits per heavy atom. The minimum Gasteiger partial charge on any atom is -0.481 e. The van der Waals surface area contributed by atoms with Gasteiger partial charge >= 0.3 is 5.97 Å². The molecule has 0 unspecified atom stereocenters. The van der Waals surface area contributed by atoms with E-state index >= 15 is 0 Å². The van der Waals surface area contributed by atoms with E-state index in [1.165, 1.54) is 96.3 Å². The van der Waals surface area contributed by atoms with Gasteiger partial charge < -0.3 is 60.2 Å². The molecule has 0 bridgehead atoms. The van der Waals surface area contributed by atoms with Crippen LogP contribution in [0.2, 0.25) is 0 Å². The second kappa shape index (κ2) is 25.7. The number of hydrogen-bond acceptors (Lipinski definition) is 12. The molecule has 0 aromatic heterocycles. The molecule has 13 nitrogen and oxygen atoms in total. The summed E-state index contributed by atoms with van der Waals surface area (Å²) in [6.45, 7) is -0.0507. The van der Waals surface area contributed by atoms with Crippen LogP contribution in [0.3, 0.4) is 0 Å². The molecule has 0 saturated carbocycles. The first kappa shape index (κ1) is 43.8. The molecule has 2 heterocycles. The highest BCUT2D eigenvalue weighted by molar-refractivity contribution is 5.66. The van der Waals surface area contributed by atoms with Gasteiger partial charge in [-0.15, -0.1) is 0 Å². The minimum absolute atomic E-state index is 0.340. The zero-order chi connectivity index (χ0) is 35.1. The van der Waals surface area contributed by atoms with Crippen LogP contribution in [0.5, 0.6) is 0 Å². The fourth-order valence-corrected chi connectivity index (χ4v) is 5.69. The van der Waals surface area contributed by atoms with Crippen molar-refractivity contribution < 1.29 is 65.0 Å². The fourth-order valence-electron chi connectivity index (χ4n) is 5.69. The fraction of sp³-hybridized carbons (Fsp3) is 0.912. The summed E-state index contributed by atoms with van der Waals surface area (Å²) in [5.74, 6) is -2.88. The number of carboxylic acids is 1. The van der Waals surface area contributed by atoms with E-state index in [4.69, 9.17) is 29.5 Å². The summed E-state index contributed by atoms with van der Waals surface area (Å²) in [4.78, 5) is 10.4. The number of allylic oxidation sites excluding steroid dienone is 2. The third kappa shape index (κ3) is 16.4. The molecule has 2 fully saturated rings. The third-order valence-electron chi connectivity index (χ3n) is 8.72. The predicted molar refractivity (Wildman–Crippen MR) is 174 cm³/mol. The van der Waals surface area contributed by atoms with Gasteiger partial charge in [-0.25, -0.2) is 0 Å². The number of rotatable bonds is 24. The molecule has 0 aliphatic carbocycles. The second-order valence-corrected chi connectivity index (χ2v) is 12.7. The molecule has 2 saturated heterocycles. The van der Waals surface area contributed by atoms with Gasteiger partial charge in [0.25, 0.3) is 0 Å². The first-order valence-electron chi connectivity index (χ1n) is 17.7. The highest BCUT2D eigenvalue weighted by Crippen LogP contribution is 2.35. The largest absolute Gasteiger partial charge is 0.481 e. The Kier molecular flexibility index (Phi) is 23.9. The molecular weight excluding hydrogens is 616 g/mol. The topological polar surface area (TPSA) is 227 Å². The van der Waals surface area contributed by atoms with Gasteiger partial charge in [-0.05, 0) is 32.1 Å². The number of aliphatic hydroxyl groups is 8. The van der Waals surface area contributed by atoms with Gasteiger partial charge in [0, 0.05) is 6.42 Å². The quantitative estimate of drug-likeness (QED) is 0.0527. The van der Waals surface area contributed by atoms with Crippen molar-refractivity contribution in [3.8, 4) is 0 Å². The van der Waals surface area contributed by atoms with Crippen LogP contribution in [0, 0.1) is 0 Å². The lowest BCUT2D eigenvalue weighted by Gasteiger charge is -2.43. The Balaban J connectivity index is 0.000000470. The van der Waals surface area contributed by atoms with Crippen LogP contribution in [0.4, 0.5) is 0 Å². The lowest BCUT2D eigenvalue weighted by atomic mass is 9.99. The Labute approximate surface area is 280 Å². The zero-order valence-electron chi connectivity index (χ0n) is 28.3. The summed E-state index contributed by atoms with van der Waals surface area (Å²) in [7, 11) is 0. The van der Waals surface area contributed by atoms with E-state index in [-0.39, 0.29) is 0 Å². The van der Waals surface area contributed by atoms with E-state index in [1.807, 2.05) is 0 Å². The Morgan fingerprint density at radius 3 is 1.60 bits per heavy atom. The maximum Gasteiger partial charge on any atom is 0.303 e. The standard InChI is InChI=1S/C22H42O2.C12H22O11/c1-2-3-4-5-6-7-8-9-10-11-12-13-14-15-16-17-18-19-20-21-22(23)24;13-1-4-6(16)8(18)9(19)11(21-4)23-12(3-15)10(20)7(17)5(2-14)22-12/h9-10H,2-8,11-21H2,1H3,(H,23,24);4-11,13-20H,1-3H2/b10-9-;/t;4-,5-,6-,7-,8+,9-,10+,11-,12+/m.1/s1. The molecule has 9 atom stereocenters. The summed E-state index contributed by atoms with van der Waals surface area (Å²) in [5.41, 5.74) is 0. The van der Waals surface area contributed by atoms with E-state index in [2.05, 4.69) is 19.1 Å². The van der Waals surface area contributed by atoms with Gasteiger partial charge in [0.15, 0.2) is 6.29 Å². The second-order valence-electron chi connectivity index (χ2n) is 12.7. The molecule has 13 heteroatoms. The van der Waals surface area contributed by atoms with Crippen LogP contribution >= 0.6 is 0 Å². The Bertz CT molecular complexity index is 813. The maximum atomic E-state index is 10.4. The molecular formula is C34H64O13. The van der Waals surface area contributed by atoms with Crippen LogP contribution in [-0.2, 0) is 19.0 Å². The van der Waals surface area contributed by atoms with E-state index in [0.717, 1.165) is 12.8 Å². The number of unbranched alkanes of at least 4 members (excludes halogenated alkanes) is 15.